The first kappa shape index (κ1) is 18.3. The predicted octanol–water partition coefficient (Wildman–Crippen LogP) is 4.52. The Bertz CT molecular complexity index is 906. The van der Waals surface area contributed by atoms with Gasteiger partial charge in [-0.25, -0.2) is 0 Å². The van der Waals surface area contributed by atoms with Crippen LogP contribution in [0.4, 0.5) is 0 Å². The molecule has 1 fully saturated rings. The molecule has 1 N–H and O–H groups in total. The summed E-state index contributed by atoms with van der Waals surface area (Å²) in [6.45, 7) is 6.02. The number of piperazine rings is 1. The van der Waals surface area contributed by atoms with Crippen LogP contribution in [0.25, 0.3) is 10.8 Å². The van der Waals surface area contributed by atoms with Crippen molar-refractivity contribution in [3.05, 3.63) is 76.8 Å². The molecule has 1 aliphatic rings. The number of rotatable bonds is 6. The van der Waals surface area contributed by atoms with E-state index >= 15 is 0 Å². The van der Waals surface area contributed by atoms with Crippen LogP contribution < -0.4 is 10.1 Å². The highest BCUT2D eigenvalue weighted by molar-refractivity contribution is 6.32. The Balaban J connectivity index is 1.35. The van der Waals surface area contributed by atoms with Crippen molar-refractivity contribution in [2.75, 3.05) is 32.7 Å². The van der Waals surface area contributed by atoms with Crippen LogP contribution in [0.15, 0.2) is 60.7 Å². The quantitative estimate of drug-likeness (QED) is 0.680. The minimum absolute atomic E-state index is 0.519. The van der Waals surface area contributed by atoms with Crippen LogP contribution in [0.1, 0.15) is 11.1 Å². The zero-order valence-electron chi connectivity index (χ0n) is 15.5. The number of hydrogen-bond donors (Lipinski definition) is 1. The molecular formula is C23H25ClN2O. The van der Waals surface area contributed by atoms with Crippen LogP contribution in [-0.4, -0.2) is 37.6 Å². The van der Waals surface area contributed by atoms with Gasteiger partial charge in [0.25, 0.3) is 0 Å². The van der Waals surface area contributed by atoms with Gasteiger partial charge in [0, 0.05) is 32.7 Å². The number of ether oxygens (including phenoxy) is 1. The second kappa shape index (κ2) is 8.75. The summed E-state index contributed by atoms with van der Waals surface area (Å²) in [5, 5.41) is 6.55. The molecule has 3 aromatic carbocycles. The van der Waals surface area contributed by atoms with Gasteiger partial charge in [-0.05, 0) is 46.5 Å². The van der Waals surface area contributed by atoms with E-state index in [-0.39, 0.29) is 0 Å². The first-order chi connectivity index (χ1) is 13.3. The third-order valence-corrected chi connectivity index (χ3v) is 5.43. The summed E-state index contributed by atoms with van der Waals surface area (Å²) in [7, 11) is 0. The maximum Gasteiger partial charge on any atom is 0.138 e. The van der Waals surface area contributed by atoms with Crippen LogP contribution in [0.2, 0.25) is 5.02 Å². The number of fused-ring (bicyclic) bond motifs is 1. The first-order valence-corrected chi connectivity index (χ1v) is 9.98. The Morgan fingerprint density at radius 2 is 1.67 bits per heavy atom. The molecule has 3 aromatic rings. The van der Waals surface area contributed by atoms with Gasteiger partial charge < -0.3 is 15.0 Å². The van der Waals surface area contributed by atoms with Crippen LogP contribution in [0.3, 0.4) is 0 Å². The molecule has 4 heteroatoms. The van der Waals surface area contributed by atoms with Crippen LogP contribution >= 0.6 is 11.6 Å². The molecule has 0 atom stereocenters. The van der Waals surface area contributed by atoms with Crippen molar-refractivity contribution >= 4 is 22.4 Å². The summed E-state index contributed by atoms with van der Waals surface area (Å²) in [6, 6.07) is 20.9. The molecule has 1 aliphatic heterocycles. The van der Waals surface area contributed by atoms with Gasteiger partial charge in [0.05, 0.1) is 5.02 Å². The van der Waals surface area contributed by atoms with Gasteiger partial charge in [0.15, 0.2) is 0 Å². The molecule has 4 rings (SSSR count). The molecule has 27 heavy (non-hydrogen) atoms. The Labute approximate surface area is 165 Å². The van der Waals surface area contributed by atoms with Crippen molar-refractivity contribution in [1.29, 1.82) is 0 Å². The molecule has 0 amide bonds. The Hall–Kier alpha value is -2.07. The second-order valence-corrected chi connectivity index (χ2v) is 7.48. The lowest BCUT2D eigenvalue weighted by Gasteiger charge is -2.27. The van der Waals surface area contributed by atoms with E-state index in [4.69, 9.17) is 16.3 Å². The Morgan fingerprint density at radius 1 is 0.889 bits per heavy atom. The van der Waals surface area contributed by atoms with E-state index in [1.165, 1.54) is 16.3 Å². The maximum absolute atomic E-state index is 6.46. The number of halogens is 1. The summed E-state index contributed by atoms with van der Waals surface area (Å²) in [4.78, 5) is 2.49. The van der Waals surface area contributed by atoms with E-state index in [9.17, 15) is 0 Å². The summed E-state index contributed by atoms with van der Waals surface area (Å²) in [5.74, 6) is 0.746. The van der Waals surface area contributed by atoms with E-state index < -0.39 is 0 Å². The molecule has 140 valence electrons. The summed E-state index contributed by atoms with van der Waals surface area (Å²) in [6.07, 6.45) is 1.02. The highest BCUT2D eigenvalue weighted by Gasteiger charge is 2.10. The average molecular weight is 381 g/mol. The minimum Gasteiger partial charge on any atom is -0.487 e. The fraction of sp³-hybridized carbons (Fsp3) is 0.304. The van der Waals surface area contributed by atoms with E-state index in [0.29, 0.717) is 11.6 Å². The zero-order valence-corrected chi connectivity index (χ0v) is 16.2. The molecule has 0 spiro atoms. The molecule has 0 aromatic heterocycles. The topological polar surface area (TPSA) is 24.5 Å². The molecule has 0 saturated carbocycles. The van der Waals surface area contributed by atoms with Crippen LogP contribution in [0, 0.1) is 0 Å². The lowest BCUT2D eigenvalue weighted by Crippen LogP contribution is -2.44. The highest BCUT2D eigenvalue weighted by Crippen LogP contribution is 2.27. The van der Waals surface area contributed by atoms with Crippen molar-refractivity contribution in [3.8, 4) is 5.75 Å². The van der Waals surface area contributed by atoms with E-state index in [1.807, 2.05) is 12.1 Å². The van der Waals surface area contributed by atoms with Gasteiger partial charge in [0.2, 0.25) is 0 Å². The van der Waals surface area contributed by atoms with Crippen molar-refractivity contribution < 1.29 is 4.74 Å². The molecule has 0 unspecified atom stereocenters. The molecule has 1 saturated heterocycles. The summed E-state index contributed by atoms with van der Waals surface area (Å²) >= 11 is 6.46. The molecular weight excluding hydrogens is 356 g/mol. The molecule has 3 nitrogen and oxygen atoms in total. The second-order valence-electron chi connectivity index (χ2n) is 7.08. The Morgan fingerprint density at radius 3 is 2.48 bits per heavy atom. The minimum atomic E-state index is 0.519. The maximum atomic E-state index is 6.46. The van der Waals surface area contributed by atoms with E-state index in [0.717, 1.165) is 50.5 Å². The predicted molar refractivity (Wildman–Crippen MR) is 113 cm³/mol. The molecule has 0 bridgehead atoms. The summed E-state index contributed by atoms with van der Waals surface area (Å²) in [5.41, 5.74) is 2.41. The van der Waals surface area contributed by atoms with Crippen LogP contribution in [0.5, 0.6) is 5.75 Å². The number of benzene rings is 3. The van der Waals surface area contributed by atoms with Crippen molar-refractivity contribution in [2.24, 2.45) is 0 Å². The monoisotopic (exact) mass is 380 g/mol. The van der Waals surface area contributed by atoms with Gasteiger partial charge in [0.1, 0.15) is 12.4 Å². The highest BCUT2D eigenvalue weighted by atomic mass is 35.5. The first-order valence-electron chi connectivity index (χ1n) is 9.60. The lowest BCUT2D eigenvalue weighted by atomic mass is 10.1. The summed E-state index contributed by atoms with van der Waals surface area (Å²) < 4.78 is 5.97. The van der Waals surface area contributed by atoms with Gasteiger partial charge >= 0.3 is 0 Å². The third-order valence-electron chi connectivity index (χ3n) is 5.13. The van der Waals surface area contributed by atoms with Gasteiger partial charge in [-0.2, -0.15) is 0 Å². The lowest BCUT2D eigenvalue weighted by molar-refractivity contribution is 0.244. The van der Waals surface area contributed by atoms with Gasteiger partial charge in [-0.3, -0.25) is 0 Å². The van der Waals surface area contributed by atoms with Crippen molar-refractivity contribution in [1.82, 2.24) is 10.2 Å². The largest absolute Gasteiger partial charge is 0.487 e. The van der Waals surface area contributed by atoms with Crippen molar-refractivity contribution in [2.45, 2.75) is 13.0 Å². The van der Waals surface area contributed by atoms with E-state index in [1.54, 1.807) is 0 Å². The zero-order chi connectivity index (χ0) is 18.5. The molecule has 1 heterocycles. The van der Waals surface area contributed by atoms with Crippen molar-refractivity contribution in [3.63, 3.8) is 0 Å². The third kappa shape index (κ3) is 4.81. The number of nitrogens with zero attached hydrogens (tertiary/aromatic N) is 1. The SMILES string of the molecule is Clc1cc(CCN2CCNCC2)ccc1OCc1ccc2ccccc2c1. The standard InChI is InChI=1S/C23H25ClN2O/c24-22-16-18(9-12-26-13-10-25-11-14-26)6-8-23(22)27-17-19-5-7-20-3-1-2-4-21(20)15-19/h1-8,15-16,25H,9-14,17H2. The fourth-order valence-electron chi connectivity index (χ4n) is 3.53. The smallest absolute Gasteiger partial charge is 0.138 e. The number of hydrogen-bond acceptors (Lipinski definition) is 3. The Kier molecular flexibility index (Phi) is 5.93. The number of nitrogens with one attached hydrogen (secondary N) is 1. The van der Waals surface area contributed by atoms with Crippen LogP contribution in [-0.2, 0) is 13.0 Å². The average Bonchev–Trinajstić information content (AvgIpc) is 2.72. The van der Waals surface area contributed by atoms with Gasteiger partial charge in [-0.1, -0.05) is 54.1 Å². The van der Waals surface area contributed by atoms with E-state index in [2.05, 4.69) is 58.7 Å². The molecule has 0 aliphatic carbocycles. The normalized spacial score (nSPS) is 15.1. The van der Waals surface area contributed by atoms with Gasteiger partial charge in [-0.15, -0.1) is 0 Å². The molecule has 0 radical (unpaired) electrons. The fourth-order valence-corrected chi connectivity index (χ4v) is 3.79.